The molecule has 2 aliphatic heterocycles. The minimum Gasteiger partial charge on any atom is -0.462 e. The van der Waals surface area contributed by atoms with E-state index in [1.807, 2.05) is 18.2 Å². The SMILES string of the molecule is CC#Cc1cncc(-c2ccc3c(c2)C2(COC(N)=N2)c2cc(C#CC(C)(C)O)cc(F)c2O3)c1. The van der Waals surface area contributed by atoms with Crippen molar-refractivity contribution in [2.24, 2.45) is 10.7 Å². The molecular formula is C28H22FN3O3. The summed E-state index contributed by atoms with van der Waals surface area (Å²) in [7, 11) is 0. The molecule has 2 aliphatic rings. The first-order chi connectivity index (χ1) is 16.7. The van der Waals surface area contributed by atoms with E-state index in [0.717, 1.165) is 16.7 Å². The Hall–Kier alpha value is -4.33. The second-order valence-corrected chi connectivity index (χ2v) is 8.89. The lowest BCUT2D eigenvalue weighted by Crippen LogP contribution is -2.31. The van der Waals surface area contributed by atoms with E-state index in [0.29, 0.717) is 22.4 Å². The van der Waals surface area contributed by atoms with E-state index in [1.54, 1.807) is 45.3 Å². The Kier molecular flexibility index (Phi) is 5.24. The zero-order valence-corrected chi connectivity index (χ0v) is 19.4. The van der Waals surface area contributed by atoms with Crippen molar-refractivity contribution in [2.75, 3.05) is 6.61 Å². The highest BCUT2D eigenvalue weighted by Crippen LogP contribution is 2.52. The van der Waals surface area contributed by atoms with E-state index < -0.39 is 17.0 Å². The van der Waals surface area contributed by atoms with Gasteiger partial charge in [0.05, 0.1) is 0 Å². The van der Waals surface area contributed by atoms with Gasteiger partial charge in [-0.1, -0.05) is 23.8 Å². The monoisotopic (exact) mass is 467 g/mol. The largest absolute Gasteiger partial charge is 0.462 e. The number of nitrogens with two attached hydrogens (primary N) is 1. The van der Waals surface area contributed by atoms with Crippen molar-refractivity contribution in [3.63, 3.8) is 0 Å². The number of pyridine rings is 1. The number of aromatic nitrogens is 1. The fourth-order valence-corrected chi connectivity index (χ4v) is 4.20. The van der Waals surface area contributed by atoms with Crippen molar-refractivity contribution < 1.29 is 19.0 Å². The van der Waals surface area contributed by atoms with Gasteiger partial charge in [0, 0.05) is 40.2 Å². The Bertz CT molecular complexity index is 1520. The average molecular weight is 468 g/mol. The standard InChI is InChI=1S/C28H22FN3O3/c1-4-5-18-10-20(15-31-14-18)19-6-7-24-21(13-19)28(16-34-26(30)32-28)22-11-17(8-9-27(2,3)33)12-23(29)25(22)35-24/h6-7,10-15,33H,16H2,1-3H3,(H2,30,32). The van der Waals surface area contributed by atoms with Crippen LogP contribution in [0.25, 0.3) is 11.1 Å². The van der Waals surface area contributed by atoms with E-state index in [2.05, 4.69) is 33.7 Å². The third kappa shape index (κ3) is 4.07. The van der Waals surface area contributed by atoms with Gasteiger partial charge >= 0.3 is 0 Å². The topological polar surface area (TPSA) is 90.0 Å². The van der Waals surface area contributed by atoms with Gasteiger partial charge in [0.2, 0.25) is 0 Å². The number of amidine groups is 1. The van der Waals surface area contributed by atoms with Crippen LogP contribution < -0.4 is 10.5 Å². The van der Waals surface area contributed by atoms with Gasteiger partial charge in [-0.05, 0) is 56.7 Å². The van der Waals surface area contributed by atoms with E-state index in [9.17, 15) is 5.11 Å². The highest BCUT2D eigenvalue weighted by molar-refractivity contribution is 5.78. The summed E-state index contributed by atoms with van der Waals surface area (Å²) < 4.78 is 26.8. The van der Waals surface area contributed by atoms with Crippen molar-refractivity contribution in [2.45, 2.75) is 31.9 Å². The van der Waals surface area contributed by atoms with Crippen LogP contribution in [-0.2, 0) is 10.3 Å². The maximum absolute atomic E-state index is 15.2. The minimum absolute atomic E-state index is 0.00414. The number of fused-ring (bicyclic) bond motifs is 4. The van der Waals surface area contributed by atoms with Gasteiger partial charge in [-0.25, -0.2) is 9.38 Å². The van der Waals surface area contributed by atoms with Crippen LogP contribution in [0.1, 0.15) is 43.0 Å². The van der Waals surface area contributed by atoms with Crippen LogP contribution in [0.3, 0.4) is 0 Å². The number of nitrogens with zero attached hydrogens (tertiary/aromatic N) is 2. The summed E-state index contributed by atoms with van der Waals surface area (Å²) in [6, 6.07) is 10.5. The molecule has 0 aliphatic carbocycles. The zero-order valence-electron chi connectivity index (χ0n) is 19.4. The molecule has 5 rings (SSSR count). The second-order valence-electron chi connectivity index (χ2n) is 8.89. The van der Waals surface area contributed by atoms with Crippen molar-refractivity contribution in [3.05, 3.63) is 76.9 Å². The molecule has 0 fully saturated rings. The molecule has 0 bridgehead atoms. The van der Waals surface area contributed by atoms with E-state index >= 15 is 4.39 Å². The molecule has 35 heavy (non-hydrogen) atoms. The lowest BCUT2D eigenvalue weighted by Gasteiger charge is -2.34. The van der Waals surface area contributed by atoms with Crippen LogP contribution in [0, 0.1) is 29.5 Å². The number of aliphatic hydroxyl groups is 1. The third-order valence-electron chi connectivity index (χ3n) is 5.71. The number of benzene rings is 2. The Morgan fingerprint density at radius 3 is 2.60 bits per heavy atom. The molecule has 0 saturated carbocycles. The first kappa shape index (κ1) is 22.5. The molecular weight excluding hydrogens is 445 g/mol. The van der Waals surface area contributed by atoms with Gasteiger partial charge in [0.25, 0.3) is 6.02 Å². The molecule has 1 spiro atoms. The van der Waals surface area contributed by atoms with Crippen LogP contribution in [0.5, 0.6) is 11.5 Å². The fraction of sp³-hybridized carbons (Fsp3) is 0.214. The smallest absolute Gasteiger partial charge is 0.283 e. The van der Waals surface area contributed by atoms with Gasteiger partial charge in [0.1, 0.15) is 18.0 Å². The number of hydrogen-bond acceptors (Lipinski definition) is 6. The molecule has 0 saturated heterocycles. The highest BCUT2D eigenvalue weighted by atomic mass is 19.1. The summed E-state index contributed by atoms with van der Waals surface area (Å²) in [6.07, 6.45) is 3.45. The van der Waals surface area contributed by atoms with Gasteiger partial charge < -0.3 is 20.3 Å². The van der Waals surface area contributed by atoms with Crippen LogP contribution in [0.4, 0.5) is 4.39 Å². The highest BCUT2D eigenvalue weighted by Gasteiger charge is 2.48. The normalized spacial score (nSPS) is 17.6. The summed E-state index contributed by atoms with van der Waals surface area (Å²) in [5, 5.41) is 9.98. The molecule has 1 atom stereocenters. The summed E-state index contributed by atoms with van der Waals surface area (Å²) in [5.41, 5.74) is 7.63. The molecule has 3 aromatic rings. The minimum atomic E-state index is -1.23. The molecule has 174 valence electrons. The predicted octanol–water partition coefficient (Wildman–Crippen LogP) is 4.08. The number of ether oxygens (including phenoxy) is 2. The van der Waals surface area contributed by atoms with E-state index in [-0.39, 0.29) is 18.4 Å². The first-order valence-electron chi connectivity index (χ1n) is 11.0. The van der Waals surface area contributed by atoms with Gasteiger partial charge in [-0.3, -0.25) is 4.98 Å². The Labute approximate surface area is 202 Å². The molecule has 1 unspecified atom stereocenters. The van der Waals surface area contributed by atoms with Crippen LogP contribution in [-0.4, -0.2) is 28.3 Å². The van der Waals surface area contributed by atoms with Crippen LogP contribution >= 0.6 is 0 Å². The predicted molar refractivity (Wildman–Crippen MR) is 130 cm³/mol. The number of halogens is 1. The van der Waals surface area contributed by atoms with Crippen molar-refractivity contribution in [1.29, 1.82) is 0 Å². The maximum Gasteiger partial charge on any atom is 0.283 e. The second kappa shape index (κ2) is 8.16. The maximum atomic E-state index is 15.2. The molecule has 3 heterocycles. The van der Waals surface area contributed by atoms with Gasteiger partial charge in [-0.15, -0.1) is 5.92 Å². The van der Waals surface area contributed by atoms with Crippen molar-refractivity contribution >= 4 is 6.02 Å². The fourth-order valence-electron chi connectivity index (χ4n) is 4.20. The summed E-state index contributed by atoms with van der Waals surface area (Å²) in [5.74, 6) is 11.3. The van der Waals surface area contributed by atoms with E-state index in [4.69, 9.17) is 15.2 Å². The Balaban J connectivity index is 1.70. The quantitative estimate of drug-likeness (QED) is 0.527. The van der Waals surface area contributed by atoms with Gasteiger partial charge in [0.15, 0.2) is 17.1 Å². The Morgan fingerprint density at radius 1 is 1.06 bits per heavy atom. The molecule has 6 nitrogen and oxygen atoms in total. The molecule has 0 radical (unpaired) electrons. The molecule has 1 aromatic heterocycles. The number of aliphatic imine (C=N–C) groups is 1. The lowest BCUT2D eigenvalue weighted by atomic mass is 9.79. The molecule has 7 heteroatoms. The summed E-state index contributed by atoms with van der Waals surface area (Å²) in [6.45, 7) is 4.96. The summed E-state index contributed by atoms with van der Waals surface area (Å²) in [4.78, 5) is 8.93. The van der Waals surface area contributed by atoms with Crippen LogP contribution in [0.15, 0.2) is 53.8 Å². The lowest BCUT2D eigenvalue weighted by molar-refractivity contribution is 0.143. The number of hydrogen-bond donors (Lipinski definition) is 2. The zero-order chi connectivity index (χ0) is 24.8. The van der Waals surface area contributed by atoms with Gasteiger partial charge in [-0.2, -0.15) is 0 Å². The van der Waals surface area contributed by atoms with Crippen LogP contribution in [0.2, 0.25) is 0 Å². The average Bonchev–Trinajstić information content (AvgIpc) is 3.21. The van der Waals surface area contributed by atoms with Crippen molar-refractivity contribution in [1.82, 2.24) is 4.98 Å². The summed E-state index contributed by atoms with van der Waals surface area (Å²) >= 11 is 0. The van der Waals surface area contributed by atoms with E-state index in [1.165, 1.54) is 6.07 Å². The Morgan fingerprint density at radius 2 is 1.89 bits per heavy atom. The van der Waals surface area contributed by atoms with Crippen molar-refractivity contribution in [3.8, 4) is 46.3 Å². The first-order valence-corrected chi connectivity index (χ1v) is 11.0. The number of rotatable bonds is 1. The molecule has 2 aromatic carbocycles. The molecule has 3 N–H and O–H groups in total. The third-order valence-corrected chi connectivity index (χ3v) is 5.71. The molecule has 0 amide bonds.